The molecule has 1 N–H and O–H groups in total. The van der Waals surface area contributed by atoms with Crippen molar-refractivity contribution in [2.75, 3.05) is 11.1 Å². The number of aromatic nitrogens is 1. The minimum absolute atomic E-state index is 0.0733. The van der Waals surface area contributed by atoms with Crippen LogP contribution in [0.3, 0.4) is 0 Å². The van der Waals surface area contributed by atoms with Crippen molar-refractivity contribution in [3.8, 4) is 0 Å². The van der Waals surface area contributed by atoms with Crippen LogP contribution in [0, 0.1) is 12.1 Å². The number of nitrogens with zero attached hydrogens (tertiary/aromatic N) is 1. The topological polar surface area (TPSA) is 56.0 Å². The van der Waals surface area contributed by atoms with Crippen molar-refractivity contribution in [2.45, 2.75) is 25.3 Å². The molecule has 110 valence electrons. The first kappa shape index (κ1) is 15.4. The van der Waals surface area contributed by atoms with Gasteiger partial charge in [0.1, 0.15) is 0 Å². The molecular formula is C16H18N2O2S. The second kappa shape index (κ2) is 7.13. The molecule has 0 spiro atoms. The molecule has 21 heavy (non-hydrogen) atoms. The lowest BCUT2D eigenvalue weighted by atomic mass is 10.1. The molecule has 1 amide bonds. The van der Waals surface area contributed by atoms with Crippen LogP contribution in [-0.4, -0.2) is 11.7 Å². The van der Waals surface area contributed by atoms with Crippen molar-refractivity contribution in [3.05, 3.63) is 58.9 Å². The number of thioether (sulfide) groups is 1. The van der Waals surface area contributed by atoms with Crippen LogP contribution < -0.4 is 10.0 Å². The standard InChI is InChI=1S/C16H18N2O2S/c1-12-6-7-15(17-13(2)19)11-14(12)8-10-21-16-5-3-4-9-18(16)20/h3-7,9,11H,8,10H2,1-2H3,(H,17,19). The van der Waals surface area contributed by atoms with E-state index in [0.717, 1.165) is 22.6 Å². The van der Waals surface area contributed by atoms with Gasteiger partial charge in [-0.15, -0.1) is 0 Å². The summed E-state index contributed by atoms with van der Waals surface area (Å²) in [5.74, 6) is 0.743. The first-order chi connectivity index (χ1) is 10.1. The van der Waals surface area contributed by atoms with Crippen LogP contribution in [0.15, 0.2) is 47.6 Å². The lowest BCUT2D eigenvalue weighted by Gasteiger charge is -2.09. The van der Waals surface area contributed by atoms with Crippen LogP contribution in [-0.2, 0) is 11.2 Å². The summed E-state index contributed by atoms with van der Waals surface area (Å²) in [4.78, 5) is 11.1. The average molecular weight is 302 g/mol. The fourth-order valence-corrected chi connectivity index (χ4v) is 2.91. The molecule has 4 nitrogen and oxygen atoms in total. The van der Waals surface area contributed by atoms with E-state index in [2.05, 4.69) is 5.32 Å². The van der Waals surface area contributed by atoms with Gasteiger partial charge in [-0.1, -0.05) is 17.8 Å². The molecule has 0 aliphatic carbocycles. The molecule has 0 atom stereocenters. The first-order valence-corrected chi connectivity index (χ1v) is 7.73. The Morgan fingerprint density at radius 1 is 1.33 bits per heavy atom. The molecule has 0 radical (unpaired) electrons. The van der Waals surface area contributed by atoms with Crippen LogP contribution >= 0.6 is 11.8 Å². The minimum Gasteiger partial charge on any atom is -0.618 e. The van der Waals surface area contributed by atoms with E-state index >= 15 is 0 Å². The van der Waals surface area contributed by atoms with Crippen LogP contribution in [0.4, 0.5) is 5.69 Å². The number of carbonyl (C=O) groups excluding carboxylic acids is 1. The van der Waals surface area contributed by atoms with Crippen molar-refractivity contribution >= 4 is 23.4 Å². The van der Waals surface area contributed by atoms with Crippen LogP contribution in [0.5, 0.6) is 0 Å². The van der Waals surface area contributed by atoms with E-state index in [4.69, 9.17) is 0 Å². The Balaban J connectivity index is 1.99. The van der Waals surface area contributed by atoms with Gasteiger partial charge in [0.25, 0.3) is 5.03 Å². The van der Waals surface area contributed by atoms with Crippen molar-refractivity contribution in [1.82, 2.24) is 0 Å². The molecule has 2 rings (SSSR count). The van der Waals surface area contributed by atoms with Gasteiger partial charge in [0.15, 0.2) is 6.20 Å². The predicted octanol–water partition coefficient (Wildman–Crippen LogP) is 2.92. The van der Waals surface area contributed by atoms with E-state index in [1.165, 1.54) is 36.0 Å². The molecule has 0 aliphatic rings. The van der Waals surface area contributed by atoms with Crippen LogP contribution in [0.2, 0.25) is 0 Å². The average Bonchev–Trinajstić information content (AvgIpc) is 2.44. The quantitative estimate of drug-likeness (QED) is 0.525. The van der Waals surface area contributed by atoms with Gasteiger partial charge in [-0.05, 0) is 42.7 Å². The van der Waals surface area contributed by atoms with Gasteiger partial charge < -0.3 is 10.5 Å². The third-order valence-corrected chi connectivity index (χ3v) is 4.10. The Bertz CT molecular complexity index is 644. The number of rotatable bonds is 5. The maximum absolute atomic E-state index is 11.6. The Kier molecular flexibility index (Phi) is 5.22. The van der Waals surface area contributed by atoms with Gasteiger partial charge >= 0.3 is 0 Å². The second-order valence-electron chi connectivity index (χ2n) is 4.79. The molecular weight excluding hydrogens is 284 g/mol. The molecule has 1 aromatic heterocycles. The maximum Gasteiger partial charge on any atom is 0.251 e. The third kappa shape index (κ3) is 4.49. The Labute approximate surface area is 128 Å². The predicted molar refractivity (Wildman–Crippen MR) is 85.3 cm³/mol. The highest BCUT2D eigenvalue weighted by Crippen LogP contribution is 2.20. The van der Waals surface area contributed by atoms with Crippen LogP contribution in [0.25, 0.3) is 0 Å². The van der Waals surface area contributed by atoms with Gasteiger partial charge in [-0.2, -0.15) is 4.73 Å². The number of anilines is 1. The molecule has 0 aliphatic heterocycles. The van der Waals surface area contributed by atoms with Gasteiger partial charge in [0.05, 0.1) is 0 Å². The van der Waals surface area contributed by atoms with E-state index in [0.29, 0.717) is 5.03 Å². The summed E-state index contributed by atoms with van der Waals surface area (Å²) in [6, 6.07) is 11.3. The van der Waals surface area contributed by atoms with Crippen molar-refractivity contribution in [3.63, 3.8) is 0 Å². The zero-order valence-corrected chi connectivity index (χ0v) is 12.9. The molecule has 0 saturated carbocycles. The number of amides is 1. The van der Waals surface area contributed by atoms with Crippen molar-refractivity contribution in [1.29, 1.82) is 0 Å². The lowest BCUT2D eigenvalue weighted by Crippen LogP contribution is -2.27. The summed E-state index contributed by atoms with van der Waals surface area (Å²) < 4.78 is 0.880. The maximum atomic E-state index is 11.6. The molecule has 0 saturated heterocycles. The number of pyridine rings is 1. The van der Waals surface area contributed by atoms with Gasteiger partial charge in [0.2, 0.25) is 5.91 Å². The van der Waals surface area contributed by atoms with E-state index in [9.17, 15) is 10.0 Å². The molecule has 0 fully saturated rings. The minimum atomic E-state index is -0.0733. The van der Waals surface area contributed by atoms with E-state index < -0.39 is 0 Å². The monoisotopic (exact) mass is 302 g/mol. The van der Waals surface area contributed by atoms with Crippen LogP contribution in [0.1, 0.15) is 18.1 Å². The van der Waals surface area contributed by atoms with Crippen molar-refractivity contribution in [2.24, 2.45) is 0 Å². The summed E-state index contributed by atoms with van der Waals surface area (Å²) >= 11 is 1.53. The third-order valence-electron chi connectivity index (χ3n) is 3.08. The van der Waals surface area contributed by atoms with E-state index in [1.807, 2.05) is 37.3 Å². The zero-order valence-electron chi connectivity index (χ0n) is 12.1. The summed E-state index contributed by atoms with van der Waals surface area (Å²) in [5, 5.41) is 15.0. The SMILES string of the molecule is CC(=O)Nc1ccc(C)c(CCSc2cccc[n+]2[O-])c1. The normalized spacial score (nSPS) is 10.4. The highest BCUT2D eigenvalue weighted by atomic mass is 32.2. The van der Waals surface area contributed by atoms with Gasteiger partial charge in [0, 0.05) is 30.5 Å². The number of hydrogen-bond acceptors (Lipinski definition) is 3. The number of hydrogen-bond donors (Lipinski definition) is 1. The summed E-state index contributed by atoms with van der Waals surface area (Å²) in [6.45, 7) is 3.55. The number of benzene rings is 1. The molecule has 2 aromatic rings. The van der Waals surface area contributed by atoms with Gasteiger partial charge in [-0.3, -0.25) is 4.79 Å². The molecule has 0 bridgehead atoms. The fraction of sp³-hybridized carbons (Fsp3) is 0.250. The molecule has 5 heteroatoms. The highest BCUT2D eigenvalue weighted by Gasteiger charge is 2.06. The Morgan fingerprint density at radius 2 is 2.14 bits per heavy atom. The largest absolute Gasteiger partial charge is 0.618 e. The summed E-state index contributed by atoms with van der Waals surface area (Å²) in [5.41, 5.74) is 3.18. The Morgan fingerprint density at radius 3 is 2.86 bits per heavy atom. The number of nitrogens with one attached hydrogen (secondary N) is 1. The fourth-order valence-electron chi connectivity index (χ4n) is 2.01. The highest BCUT2D eigenvalue weighted by molar-refractivity contribution is 7.99. The molecule has 0 unspecified atom stereocenters. The zero-order chi connectivity index (χ0) is 15.2. The van der Waals surface area contributed by atoms with Gasteiger partial charge in [-0.25, -0.2) is 0 Å². The molecule has 1 heterocycles. The van der Waals surface area contributed by atoms with E-state index in [-0.39, 0.29) is 5.91 Å². The second-order valence-corrected chi connectivity index (χ2v) is 5.90. The first-order valence-electron chi connectivity index (χ1n) is 6.74. The Hall–Kier alpha value is -2.01. The lowest BCUT2D eigenvalue weighted by molar-refractivity contribution is -0.645. The number of aryl methyl sites for hydroxylation is 2. The number of carbonyl (C=O) groups is 1. The summed E-state index contributed by atoms with van der Waals surface area (Å²) in [6.07, 6.45) is 2.35. The molecule has 1 aromatic carbocycles. The summed E-state index contributed by atoms with van der Waals surface area (Å²) in [7, 11) is 0. The smallest absolute Gasteiger partial charge is 0.251 e. The van der Waals surface area contributed by atoms with Crippen molar-refractivity contribution < 1.29 is 9.52 Å². The van der Waals surface area contributed by atoms with E-state index in [1.54, 1.807) is 6.07 Å².